The number of rotatable bonds is 4. The van der Waals surface area contributed by atoms with Crippen molar-refractivity contribution in [2.45, 2.75) is 6.54 Å². The van der Waals surface area contributed by atoms with Crippen molar-refractivity contribution in [3.8, 4) is 11.1 Å². The van der Waals surface area contributed by atoms with Crippen LogP contribution in [0.15, 0.2) is 60.2 Å². The van der Waals surface area contributed by atoms with Crippen LogP contribution in [0.3, 0.4) is 0 Å². The predicted molar refractivity (Wildman–Crippen MR) is 122 cm³/mol. The molecule has 0 amide bonds. The number of halogens is 2. The van der Waals surface area contributed by atoms with Gasteiger partial charge in [-0.1, -0.05) is 41.9 Å². The highest BCUT2D eigenvalue weighted by Crippen LogP contribution is 2.38. The van der Waals surface area contributed by atoms with Gasteiger partial charge in [-0.3, -0.25) is 4.90 Å². The molecule has 2 aromatic carbocycles. The van der Waals surface area contributed by atoms with Crippen molar-refractivity contribution in [3.05, 3.63) is 76.6 Å². The lowest BCUT2D eigenvalue weighted by atomic mass is 10.1. The summed E-state index contributed by atoms with van der Waals surface area (Å²) in [7, 11) is 0. The van der Waals surface area contributed by atoms with E-state index in [1.54, 1.807) is 17.7 Å². The molecule has 4 aromatic rings. The number of nitrogens with zero attached hydrogens (tertiary/aromatic N) is 4. The minimum absolute atomic E-state index is 0.232. The van der Waals surface area contributed by atoms with E-state index in [0.29, 0.717) is 0 Å². The van der Waals surface area contributed by atoms with Crippen LogP contribution in [0.4, 0.5) is 10.2 Å². The van der Waals surface area contributed by atoms with Crippen LogP contribution >= 0.6 is 22.9 Å². The topological polar surface area (TPSA) is 32.3 Å². The van der Waals surface area contributed by atoms with Gasteiger partial charge in [-0.15, -0.1) is 11.3 Å². The van der Waals surface area contributed by atoms with Gasteiger partial charge in [0.15, 0.2) is 0 Å². The maximum absolute atomic E-state index is 13.4. The van der Waals surface area contributed by atoms with Gasteiger partial charge in [0.2, 0.25) is 0 Å². The Morgan fingerprint density at radius 1 is 0.967 bits per heavy atom. The highest BCUT2D eigenvalue weighted by atomic mass is 35.5. The predicted octanol–water partition coefficient (Wildman–Crippen LogP) is 5.47. The Morgan fingerprint density at radius 2 is 1.73 bits per heavy atom. The van der Waals surface area contributed by atoms with Crippen molar-refractivity contribution in [2.75, 3.05) is 31.1 Å². The second-order valence-electron chi connectivity index (χ2n) is 7.39. The first kappa shape index (κ1) is 19.4. The summed E-state index contributed by atoms with van der Waals surface area (Å²) in [5.74, 6) is 0.724. The Hall–Kier alpha value is -2.54. The van der Waals surface area contributed by atoms with Crippen molar-refractivity contribution in [1.82, 2.24) is 14.9 Å². The molecule has 1 fully saturated rings. The fourth-order valence-corrected chi connectivity index (χ4v) is 5.03. The van der Waals surface area contributed by atoms with Crippen molar-refractivity contribution in [2.24, 2.45) is 0 Å². The van der Waals surface area contributed by atoms with E-state index in [4.69, 9.17) is 11.6 Å². The summed E-state index contributed by atoms with van der Waals surface area (Å²) in [6.45, 7) is 4.50. The van der Waals surface area contributed by atoms with E-state index in [-0.39, 0.29) is 5.82 Å². The summed E-state index contributed by atoms with van der Waals surface area (Å²) >= 11 is 7.93. The van der Waals surface area contributed by atoms with Crippen LogP contribution in [0, 0.1) is 5.82 Å². The Kier molecular flexibility index (Phi) is 5.37. The molecule has 0 spiro atoms. The third-order valence-corrected chi connectivity index (χ3v) is 6.78. The summed E-state index contributed by atoms with van der Waals surface area (Å²) < 4.78 is 13.4. The SMILES string of the molecule is Fc1ccc(-c2csc3ncnc(N4CCN(Cc5ccccc5Cl)CC4)c23)cc1. The van der Waals surface area contributed by atoms with Gasteiger partial charge in [0.05, 0.1) is 5.39 Å². The molecule has 0 N–H and O–H groups in total. The molecule has 0 bridgehead atoms. The first-order valence-electron chi connectivity index (χ1n) is 9.88. The molecule has 0 aliphatic carbocycles. The third kappa shape index (κ3) is 3.78. The smallest absolute Gasteiger partial charge is 0.141 e. The Labute approximate surface area is 183 Å². The molecule has 3 heterocycles. The first-order chi connectivity index (χ1) is 14.7. The van der Waals surface area contributed by atoms with E-state index in [0.717, 1.165) is 70.5 Å². The highest BCUT2D eigenvalue weighted by Gasteiger charge is 2.22. The van der Waals surface area contributed by atoms with E-state index in [1.165, 1.54) is 12.1 Å². The molecule has 30 heavy (non-hydrogen) atoms. The minimum Gasteiger partial charge on any atom is -0.353 e. The summed E-state index contributed by atoms with van der Waals surface area (Å²) in [5.41, 5.74) is 3.20. The normalized spacial score (nSPS) is 15.1. The van der Waals surface area contributed by atoms with Crippen LogP contribution in [0.2, 0.25) is 5.02 Å². The summed E-state index contributed by atoms with van der Waals surface area (Å²) in [6, 6.07) is 14.6. The fourth-order valence-electron chi connectivity index (χ4n) is 3.93. The summed E-state index contributed by atoms with van der Waals surface area (Å²) in [4.78, 5) is 14.8. The minimum atomic E-state index is -0.232. The standard InChI is InChI=1S/C23H20ClFN4S/c24-20-4-2-1-3-17(20)13-28-9-11-29(12-10-28)22-21-19(14-30-23(21)27-15-26-22)16-5-7-18(25)8-6-16/h1-8,14-15H,9-13H2. The first-order valence-corrected chi connectivity index (χ1v) is 11.1. The molecule has 0 radical (unpaired) electrons. The highest BCUT2D eigenvalue weighted by molar-refractivity contribution is 7.17. The largest absolute Gasteiger partial charge is 0.353 e. The average molecular weight is 439 g/mol. The second-order valence-corrected chi connectivity index (χ2v) is 8.65. The Morgan fingerprint density at radius 3 is 2.50 bits per heavy atom. The molecule has 1 saturated heterocycles. The molecule has 1 aliphatic heterocycles. The Balaban J connectivity index is 1.39. The van der Waals surface area contributed by atoms with Gasteiger partial charge in [-0.25, -0.2) is 14.4 Å². The zero-order chi connectivity index (χ0) is 20.5. The van der Waals surface area contributed by atoms with Crippen LogP contribution in [0.1, 0.15) is 5.56 Å². The number of hydrogen-bond acceptors (Lipinski definition) is 5. The van der Waals surface area contributed by atoms with Crippen molar-refractivity contribution in [1.29, 1.82) is 0 Å². The van der Waals surface area contributed by atoms with Crippen LogP contribution in [0.25, 0.3) is 21.3 Å². The zero-order valence-corrected chi connectivity index (χ0v) is 17.8. The molecular weight excluding hydrogens is 419 g/mol. The number of aromatic nitrogens is 2. The van der Waals surface area contributed by atoms with Gasteiger partial charge < -0.3 is 4.90 Å². The molecule has 0 atom stereocenters. The van der Waals surface area contributed by atoms with E-state index >= 15 is 0 Å². The van der Waals surface area contributed by atoms with Crippen LogP contribution in [0.5, 0.6) is 0 Å². The lowest BCUT2D eigenvalue weighted by molar-refractivity contribution is 0.249. The van der Waals surface area contributed by atoms with Gasteiger partial charge >= 0.3 is 0 Å². The summed E-state index contributed by atoms with van der Waals surface area (Å²) in [5, 5.41) is 3.96. The van der Waals surface area contributed by atoms with E-state index in [9.17, 15) is 4.39 Å². The molecule has 5 rings (SSSR count). The lowest BCUT2D eigenvalue weighted by Gasteiger charge is -2.35. The average Bonchev–Trinajstić information content (AvgIpc) is 3.21. The molecular formula is C23H20ClFN4S. The third-order valence-electron chi connectivity index (χ3n) is 5.53. The molecule has 152 valence electrons. The van der Waals surface area contributed by atoms with Gasteiger partial charge in [-0.05, 0) is 29.3 Å². The van der Waals surface area contributed by atoms with E-state index in [1.807, 2.05) is 30.3 Å². The molecule has 0 saturated carbocycles. The Bertz CT molecular complexity index is 1170. The van der Waals surface area contributed by atoms with E-state index in [2.05, 4.69) is 31.2 Å². The van der Waals surface area contributed by atoms with Gasteiger partial charge in [0, 0.05) is 48.7 Å². The maximum atomic E-state index is 13.4. The molecule has 2 aromatic heterocycles. The monoisotopic (exact) mass is 438 g/mol. The van der Waals surface area contributed by atoms with Crippen LogP contribution < -0.4 is 4.90 Å². The zero-order valence-electron chi connectivity index (χ0n) is 16.3. The number of piperazine rings is 1. The number of hydrogen-bond donors (Lipinski definition) is 0. The van der Waals surface area contributed by atoms with Gasteiger partial charge in [0.25, 0.3) is 0 Å². The van der Waals surface area contributed by atoms with Crippen molar-refractivity contribution < 1.29 is 4.39 Å². The molecule has 1 aliphatic rings. The number of benzene rings is 2. The van der Waals surface area contributed by atoms with Crippen molar-refractivity contribution >= 4 is 39.0 Å². The maximum Gasteiger partial charge on any atom is 0.141 e. The van der Waals surface area contributed by atoms with Crippen LogP contribution in [-0.2, 0) is 6.54 Å². The molecule has 4 nitrogen and oxygen atoms in total. The molecule has 7 heteroatoms. The number of anilines is 1. The van der Waals surface area contributed by atoms with Gasteiger partial charge in [0.1, 0.15) is 22.8 Å². The second kappa shape index (κ2) is 8.30. The number of thiophene rings is 1. The molecule has 0 unspecified atom stereocenters. The van der Waals surface area contributed by atoms with E-state index < -0.39 is 0 Å². The lowest BCUT2D eigenvalue weighted by Crippen LogP contribution is -2.46. The fraction of sp³-hybridized carbons (Fsp3) is 0.217. The summed E-state index contributed by atoms with van der Waals surface area (Å²) in [6.07, 6.45) is 1.64. The van der Waals surface area contributed by atoms with Crippen molar-refractivity contribution in [3.63, 3.8) is 0 Å². The number of fused-ring (bicyclic) bond motifs is 1. The quantitative estimate of drug-likeness (QED) is 0.422. The van der Waals surface area contributed by atoms with Gasteiger partial charge in [-0.2, -0.15) is 0 Å². The van der Waals surface area contributed by atoms with Crippen LogP contribution in [-0.4, -0.2) is 41.0 Å².